The summed E-state index contributed by atoms with van der Waals surface area (Å²) in [6.45, 7) is 1.20. The second-order valence-electron chi connectivity index (χ2n) is 8.95. The Kier molecular flexibility index (Phi) is 11.8. The van der Waals surface area contributed by atoms with Crippen molar-refractivity contribution < 1.29 is 33.9 Å². The van der Waals surface area contributed by atoms with Gasteiger partial charge in [-0.1, -0.05) is 60.9 Å². The Morgan fingerprint density at radius 2 is 2.03 bits per heavy atom. The fourth-order valence-corrected chi connectivity index (χ4v) is 5.56. The zero-order chi connectivity index (χ0) is 27.5. The lowest BCUT2D eigenvalue weighted by atomic mass is 9.79. The minimum absolute atomic E-state index is 0.0506. The van der Waals surface area contributed by atoms with Crippen molar-refractivity contribution >= 4 is 53.2 Å². The van der Waals surface area contributed by atoms with Gasteiger partial charge in [0.1, 0.15) is 0 Å². The van der Waals surface area contributed by atoms with Gasteiger partial charge >= 0.3 is 19.1 Å². The molecule has 1 saturated carbocycles. The minimum Gasteiger partial charge on any atom is -0.428 e. The summed E-state index contributed by atoms with van der Waals surface area (Å²) in [6, 6.07) is 0. The van der Waals surface area contributed by atoms with Crippen molar-refractivity contribution in [2.45, 2.75) is 68.7 Å². The first-order valence-electron chi connectivity index (χ1n) is 12.4. The number of anilines is 1. The standard InChI is InChI=1S/C21H32BN7O7S2/c1-2-14(8-7-13-5-3-4-6-13)18(31)35-12-36-19(32)15-9-29(28-25-15)10-16(22(33)34)24-17(30)11-37-21-27-26-20(23)38-21/h9,13-14,16,33-34H,2-8,10-12H2,1H3,(H2,23,26)(H,24,30)/t14?,16-/m0/s1. The van der Waals surface area contributed by atoms with Gasteiger partial charge in [-0.25, -0.2) is 4.79 Å². The highest BCUT2D eigenvalue weighted by Gasteiger charge is 2.27. The molecule has 1 aliphatic carbocycles. The molecule has 0 aromatic carbocycles. The van der Waals surface area contributed by atoms with E-state index in [0.29, 0.717) is 16.7 Å². The molecule has 208 valence electrons. The van der Waals surface area contributed by atoms with Gasteiger partial charge < -0.3 is 30.6 Å². The van der Waals surface area contributed by atoms with Crippen LogP contribution in [0.15, 0.2) is 10.5 Å². The second kappa shape index (κ2) is 15.0. The molecule has 3 rings (SSSR count). The van der Waals surface area contributed by atoms with Crippen LogP contribution >= 0.6 is 23.1 Å². The van der Waals surface area contributed by atoms with Crippen molar-refractivity contribution in [3.8, 4) is 0 Å². The Labute approximate surface area is 228 Å². The molecule has 14 nitrogen and oxygen atoms in total. The molecule has 5 N–H and O–H groups in total. The molecular formula is C21H32BN7O7S2. The summed E-state index contributed by atoms with van der Waals surface area (Å²) in [7, 11) is -1.90. The Hall–Kier alpha value is -2.76. The molecule has 0 radical (unpaired) electrons. The van der Waals surface area contributed by atoms with Crippen LogP contribution in [0.5, 0.6) is 0 Å². The van der Waals surface area contributed by atoms with Crippen molar-refractivity contribution in [1.82, 2.24) is 30.5 Å². The summed E-state index contributed by atoms with van der Waals surface area (Å²) in [5.74, 6) is -2.49. The van der Waals surface area contributed by atoms with E-state index in [1.165, 1.54) is 31.9 Å². The molecule has 38 heavy (non-hydrogen) atoms. The maximum atomic E-state index is 12.4. The number of rotatable bonds is 15. The average molecular weight is 569 g/mol. The predicted octanol–water partition coefficient (Wildman–Crippen LogP) is 0.655. The number of hydrogen-bond donors (Lipinski definition) is 4. The molecule has 1 aliphatic rings. The zero-order valence-electron chi connectivity index (χ0n) is 21.0. The Morgan fingerprint density at radius 3 is 2.68 bits per heavy atom. The highest BCUT2D eigenvalue weighted by molar-refractivity contribution is 8.01. The quantitative estimate of drug-likeness (QED) is 0.101. The number of nitrogen functional groups attached to an aromatic ring is 1. The number of thioether (sulfide) groups is 1. The Bertz CT molecular complexity index is 1060. The van der Waals surface area contributed by atoms with Crippen LogP contribution < -0.4 is 11.1 Å². The second-order valence-corrected chi connectivity index (χ2v) is 11.2. The molecule has 2 atom stereocenters. The molecule has 0 spiro atoms. The highest BCUT2D eigenvalue weighted by atomic mass is 32.2. The third-order valence-electron chi connectivity index (χ3n) is 6.20. The van der Waals surface area contributed by atoms with Gasteiger partial charge in [0.05, 0.1) is 30.4 Å². The van der Waals surface area contributed by atoms with Gasteiger partial charge in [0, 0.05) is 0 Å². The topological polar surface area (TPSA) is 205 Å². The maximum Gasteiger partial charge on any atom is 0.477 e. The normalized spacial score (nSPS) is 15.1. The first-order valence-corrected chi connectivity index (χ1v) is 14.2. The molecule has 1 unspecified atom stereocenters. The van der Waals surface area contributed by atoms with Crippen LogP contribution in [0.4, 0.5) is 5.13 Å². The number of aromatic nitrogens is 5. The fourth-order valence-electron chi connectivity index (χ4n) is 4.11. The molecule has 0 aliphatic heterocycles. The van der Waals surface area contributed by atoms with Crippen LogP contribution in [-0.2, 0) is 25.6 Å². The van der Waals surface area contributed by atoms with Gasteiger partial charge in [0.25, 0.3) is 0 Å². The van der Waals surface area contributed by atoms with Gasteiger partial charge in [-0.2, -0.15) is 0 Å². The van der Waals surface area contributed by atoms with Crippen LogP contribution in [0.2, 0.25) is 0 Å². The number of amides is 1. The number of nitrogens with one attached hydrogen (secondary N) is 1. The van der Waals surface area contributed by atoms with Gasteiger partial charge in [0.2, 0.25) is 17.8 Å². The van der Waals surface area contributed by atoms with E-state index in [1.54, 1.807) is 0 Å². The fraction of sp³-hybridized carbons (Fsp3) is 0.667. The molecule has 1 amide bonds. The average Bonchev–Trinajstić information content (AvgIpc) is 3.65. The number of hydrogen-bond acceptors (Lipinski definition) is 14. The van der Waals surface area contributed by atoms with E-state index in [0.717, 1.165) is 40.6 Å². The molecule has 0 saturated heterocycles. The molecular weight excluding hydrogens is 537 g/mol. The summed E-state index contributed by atoms with van der Waals surface area (Å²) in [6.07, 6.45) is 8.57. The molecule has 1 fully saturated rings. The summed E-state index contributed by atoms with van der Waals surface area (Å²) in [5, 5.41) is 37.0. The van der Waals surface area contributed by atoms with Crippen molar-refractivity contribution in [1.29, 1.82) is 0 Å². The molecule has 2 heterocycles. The number of carbonyl (C=O) groups is 3. The van der Waals surface area contributed by atoms with E-state index in [2.05, 4.69) is 25.8 Å². The number of carbonyl (C=O) groups excluding carboxylic acids is 3. The Morgan fingerprint density at radius 1 is 1.26 bits per heavy atom. The third kappa shape index (κ3) is 9.52. The van der Waals surface area contributed by atoms with Crippen LogP contribution in [0.25, 0.3) is 0 Å². The van der Waals surface area contributed by atoms with E-state index in [4.69, 9.17) is 15.2 Å². The largest absolute Gasteiger partial charge is 0.477 e. The van der Waals surface area contributed by atoms with E-state index in [-0.39, 0.29) is 29.0 Å². The van der Waals surface area contributed by atoms with Gasteiger partial charge in [0.15, 0.2) is 10.0 Å². The summed E-state index contributed by atoms with van der Waals surface area (Å²) >= 11 is 2.22. The van der Waals surface area contributed by atoms with Crippen molar-refractivity contribution in [3.05, 3.63) is 11.9 Å². The number of nitrogens with two attached hydrogens (primary N) is 1. The lowest BCUT2D eigenvalue weighted by Crippen LogP contribution is -2.49. The van der Waals surface area contributed by atoms with Crippen LogP contribution in [-0.4, -0.2) is 78.7 Å². The van der Waals surface area contributed by atoms with Crippen molar-refractivity contribution in [3.63, 3.8) is 0 Å². The minimum atomic E-state index is -1.90. The van der Waals surface area contributed by atoms with E-state index in [1.807, 2.05) is 6.92 Å². The van der Waals surface area contributed by atoms with Crippen molar-refractivity contribution in [2.24, 2.45) is 11.8 Å². The number of nitrogens with zero attached hydrogens (tertiary/aromatic N) is 5. The molecule has 0 bridgehead atoms. The maximum absolute atomic E-state index is 12.4. The number of ether oxygens (including phenoxy) is 2. The van der Waals surface area contributed by atoms with Gasteiger partial charge in [-0.05, 0) is 25.2 Å². The predicted molar refractivity (Wildman–Crippen MR) is 139 cm³/mol. The first-order chi connectivity index (χ1) is 18.2. The summed E-state index contributed by atoms with van der Waals surface area (Å²) < 4.78 is 11.8. The van der Waals surface area contributed by atoms with Crippen molar-refractivity contribution in [2.75, 3.05) is 18.3 Å². The molecule has 17 heteroatoms. The van der Waals surface area contributed by atoms with Crippen LogP contribution in [0.3, 0.4) is 0 Å². The lowest BCUT2D eigenvalue weighted by Gasteiger charge is -2.17. The van der Waals surface area contributed by atoms with Gasteiger partial charge in [-0.15, -0.1) is 15.3 Å². The molecule has 2 aromatic heterocycles. The summed E-state index contributed by atoms with van der Waals surface area (Å²) in [4.78, 5) is 36.8. The van der Waals surface area contributed by atoms with Gasteiger partial charge in [-0.3, -0.25) is 14.3 Å². The lowest BCUT2D eigenvalue weighted by molar-refractivity contribution is -0.157. The summed E-state index contributed by atoms with van der Waals surface area (Å²) in [5.41, 5.74) is 5.33. The smallest absolute Gasteiger partial charge is 0.428 e. The third-order valence-corrected chi connectivity index (χ3v) is 8.09. The monoisotopic (exact) mass is 569 g/mol. The van der Waals surface area contributed by atoms with Crippen LogP contribution in [0, 0.1) is 11.8 Å². The zero-order valence-corrected chi connectivity index (χ0v) is 22.7. The van der Waals surface area contributed by atoms with E-state index in [9.17, 15) is 24.4 Å². The van der Waals surface area contributed by atoms with E-state index < -0.39 is 37.7 Å². The van der Waals surface area contributed by atoms with Crippen LogP contribution in [0.1, 0.15) is 62.4 Å². The Balaban J connectivity index is 1.41. The number of esters is 2. The molecule has 2 aromatic rings. The SMILES string of the molecule is CCC(CCC1CCCC1)C(=O)OCOC(=O)c1cn(C[C@H](NC(=O)CSc2nnc(N)s2)B(O)O)nn1. The van der Waals surface area contributed by atoms with E-state index >= 15 is 0 Å². The highest BCUT2D eigenvalue weighted by Crippen LogP contribution is 2.30. The first kappa shape index (κ1) is 29.8.